The molecule has 0 fully saturated rings. The van der Waals surface area contributed by atoms with Crippen molar-refractivity contribution in [2.45, 2.75) is 32.1 Å². The van der Waals surface area contributed by atoms with E-state index in [4.69, 9.17) is 14.2 Å². The minimum Gasteiger partial charge on any atom is -0.494 e. The Morgan fingerprint density at radius 1 is 1.03 bits per heavy atom. The van der Waals surface area contributed by atoms with E-state index in [9.17, 15) is 8.42 Å². The normalized spacial score (nSPS) is 13.2. The summed E-state index contributed by atoms with van der Waals surface area (Å²) in [6.45, 7) is 5.21. The zero-order valence-electron chi connectivity index (χ0n) is 21.2. The summed E-state index contributed by atoms with van der Waals surface area (Å²) in [4.78, 5) is 13.0. The summed E-state index contributed by atoms with van der Waals surface area (Å²) < 4.78 is 47.9. The minimum atomic E-state index is -4.09. The van der Waals surface area contributed by atoms with E-state index in [-0.39, 0.29) is 11.8 Å². The van der Waals surface area contributed by atoms with Gasteiger partial charge >= 0.3 is 0 Å². The van der Waals surface area contributed by atoms with Crippen molar-refractivity contribution in [3.8, 4) is 28.7 Å². The van der Waals surface area contributed by atoms with Crippen LogP contribution in [0.4, 0.5) is 5.95 Å². The molecule has 0 aliphatic heterocycles. The lowest BCUT2D eigenvalue weighted by Crippen LogP contribution is -2.33. The van der Waals surface area contributed by atoms with Crippen LogP contribution < -0.4 is 14.2 Å². The lowest BCUT2D eigenvalue weighted by Gasteiger charge is -2.22. The Morgan fingerprint density at radius 2 is 1.68 bits per heavy atom. The third-order valence-corrected chi connectivity index (χ3v) is 8.06. The van der Waals surface area contributed by atoms with Crippen molar-refractivity contribution in [3.63, 3.8) is 0 Å². The van der Waals surface area contributed by atoms with Crippen LogP contribution in [0.25, 0.3) is 17.2 Å². The van der Waals surface area contributed by atoms with E-state index in [1.807, 2.05) is 19.2 Å². The maximum Gasteiger partial charge on any atom is 0.243 e. The molecule has 3 heterocycles. The Balaban J connectivity index is 1.82. The summed E-state index contributed by atoms with van der Waals surface area (Å²) in [6, 6.07) is 5.21. The Kier molecular flexibility index (Phi) is 7.71. The van der Waals surface area contributed by atoms with Crippen LogP contribution in [0.5, 0.6) is 11.5 Å². The fourth-order valence-electron chi connectivity index (χ4n) is 3.69. The number of anilines is 1. The van der Waals surface area contributed by atoms with Gasteiger partial charge in [-0.25, -0.2) is 23.4 Å². The molecule has 1 N–H and O–H groups in total. The molecule has 14 heteroatoms. The number of benzene rings is 1. The molecule has 12 nitrogen and oxygen atoms in total. The van der Waals surface area contributed by atoms with Crippen LogP contribution in [-0.4, -0.2) is 64.7 Å². The summed E-state index contributed by atoms with van der Waals surface area (Å²) in [7, 11) is 0.325. The average molecular weight is 546 g/mol. The Morgan fingerprint density at radius 3 is 2.22 bits per heavy atom. The van der Waals surface area contributed by atoms with Gasteiger partial charge in [-0.1, -0.05) is 6.07 Å². The van der Waals surface area contributed by atoms with Gasteiger partial charge in [-0.15, -0.1) is 21.5 Å². The van der Waals surface area contributed by atoms with Crippen molar-refractivity contribution >= 4 is 27.3 Å². The number of hydrogen-bond acceptors (Lipinski definition) is 11. The molecule has 0 aliphatic carbocycles. The van der Waals surface area contributed by atoms with Crippen LogP contribution in [0.15, 0.2) is 36.0 Å². The number of nitrogens with zero attached hydrogens (tertiary/aromatic N) is 6. The predicted octanol–water partition coefficient (Wildman–Crippen LogP) is 3.33. The van der Waals surface area contributed by atoms with Gasteiger partial charge in [0.05, 0.1) is 19.2 Å². The second-order valence-electron chi connectivity index (χ2n) is 8.07. The summed E-state index contributed by atoms with van der Waals surface area (Å²) in [6.07, 6.45) is 2.28. The molecule has 4 rings (SSSR count). The number of thiazole rings is 1. The SMILES string of the molecule is COc1cccc(OC)c1-n1c(NS(=O)(=O)[C@@H](C)[C@H](OC)c2ncc(C)cn2)nnc1-c1csc(C)n1. The van der Waals surface area contributed by atoms with Gasteiger partial charge in [-0.2, -0.15) is 0 Å². The standard InChI is InChI=1S/C23H27N7O5S2/c1-13-10-24-21(25-11-13)20(35-6)14(2)37(31,32)29-23-28-27-22(16-12-36-15(3)26-16)30(23)19-17(33-4)8-7-9-18(19)34-5/h7-12,14,20H,1-6H3,(H,28,29)/t14-,20-/m0/s1. The third kappa shape index (κ3) is 5.26. The lowest BCUT2D eigenvalue weighted by atomic mass is 10.2. The monoisotopic (exact) mass is 545 g/mol. The summed E-state index contributed by atoms with van der Waals surface area (Å²) in [5.74, 6) is 1.32. The molecular formula is C23H27N7O5S2. The molecule has 0 aliphatic rings. The van der Waals surface area contributed by atoms with Crippen molar-refractivity contribution < 1.29 is 22.6 Å². The molecule has 3 aromatic heterocycles. The number of nitrogens with one attached hydrogen (secondary N) is 1. The largest absolute Gasteiger partial charge is 0.494 e. The van der Waals surface area contributed by atoms with Crippen molar-refractivity contribution in [3.05, 3.63) is 52.4 Å². The second-order valence-corrected chi connectivity index (χ2v) is 11.2. The number of aromatic nitrogens is 6. The molecule has 0 saturated heterocycles. The summed E-state index contributed by atoms with van der Waals surface area (Å²) in [5.41, 5.74) is 1.77. The first-order valence-electron chi connectivity index (χ1n) is 11.1. The molecule has 0 unspecified atom stereocenters. The van der Waals surface area contributed by atoms with E-state index < -0.39 is 21.4 Å². The number of methoxy groups -OCH3 is 3. The molecule has 37 heavy (non-hydrogen) atoms. The number of hydrogen-bond donors (Lipinski definition) is 1. The maximum absolute atomic E-state index is 13.6. The molecule has 196 valence electrons. The summed E-state index contributed by atoms with van der Waals surface area (Å²) in [5, 5.41) is 9.98. The highest BCUT2D eigenvalue weighted by Crippen LogP contribution is 2.38. The molecule has 0 saturated carbocycles. The van der Waals surface area contributed by atoms with Crippen molar-refractivity contribution in [2.75, 3.05) is 26.1 Å². The highest BCUT2D eigenvalue weighted by atomic mass is 32.2. The van der Waals surface area contributed by atoms with E-state index >= 15 is 0 Å². The van der Waals surface area contributed by atoms with Crippen LogP contribution in [0.2, 0.25) is 0 Å². The lowest BCUT2D eigenvalue weighted by molar-refractivity contribution is 0.0949. The minimum absolute atomic E-state index is 0.0741. The van der Waals surface area contributed by atoms with E-state index in [0.717, 1.165) is 10.6 Å². The molecular weight excluding hydrogens is 518 g/mol. The Bertz CT molecular complexity index is 1460. The molecule has 2 atom stereocenters. The van der Waals surface area contributed by atoms with Crippen molar-refractivity contribution in [1.82, 2.24) is 29.7 Å². The van der Waals surface area contributed by atoms with Gasteiger partial charge in [0.25, 0.3) is 0 Å². The molecule has 1 aromatic carbocycles. The van der Waals surface area contributed by atoms with Gasteiger partial charge in [0.15, 0.2) is 11.6 Å². The third-order valence-electron chi connectivity index (χ3n) is 5.60. The fourth-order valence-corrected chi connectivity index (χ4v) is 5.41. The average Bonchev–Trinajstić information content (AvgIpc) is 3.50. The predicted molar refractivity (Wildman–Crippen MR) is 139 cm³/mol. The van der Waals surface area contributed by atoms with Crippen LogP contribution in [0, 0.1) is 13.8 Å². The van der Waals surface area contributed by atoms with Crippen LogP contribution in [-0.2, 0) is 14.8 Å². The highest BCUT2D eigenvalue weighted by molar-refractivity contribution is 7.93. The maximum atomic E-state index is 13.6. The quantitative estimate of drug-likeness (QED) is 0.315. The molecule has 0 spiro atoms. The number of aryl methyl sites for hydroxylation is 2. The number of ether oxygens (including phenoxy) is 3. The summed E-state index contributed by atoms with van der Waals surface area (Å²) >= 11 is 1.43. The highest BCUT2D eigenvalue weighted by Gasteiger charge is 2.35. The second kappa shape index (κ2) is 10.8. The van der Waals surface area contributed by atoms with Crippen molar-refractivity contribution in [2.24, 2.45) is 0 Å². The molecule has 0 bridgehead atoms. The van der Waals surface area contributed by atoms with E-state index in [2.05, 4.69) is 29.9 Å². The molecule has 4 aromatic rings. The first kappa shape index (κ1) is 26.4. The van der Waals surface area contributed by atoms with Gasteiger partial charge in [-0.05, 0) is 38.5 Å². The van der Waals surface area contributed by atoms with Crippen LogP contribution >= 0.6 is 11.3 Å². The molecule has 0 radical (unpaired) electrons. The zero-order valence-corrected chi connectivity index (χ0v) is 22.8. The van der Waals surface area contributed by atoms with Gasteiger partial charge in [0.2, 0.25) is 16.0 Å². The van der Waals surface area contributed by atoms with Crippen LogP contribution in [0.1, 0.15) is 29.4 Å². The van der Waals surface area contributed by atoms with Gasteiger partial charge in [-0.3, -0.25) is 9.29 Å². The van der Waals surface area contributed by atoms with E-state index in [0.29, 0.717) is 28.7 Å². The Hall–Kier alpha value is -3.62. The Labute approximate surface area is 218 Å². The first-order chi connectivity index (χ1) is 17.7. The number of rotatable bonds is 10. The fraction of sp³-hybridized carbons (Fsp3) is 0.348. The van der Waals surface area contributed by atoms with E-state index in [1.54, 1.807) is 30.6 Å². The van der Waals surface area contributed by atoms with Crippen molar-refractivity contribution in [1.29, 1.82) is 0 Å². The van der Waals surface area contributed by atoms with Gasteiger partial charge < -0.3 is 14.2 Å². The first-order valence-corrected chi connectivity index (χ1v) is 13.5. The topological polar surface area (TPSA) is 143 Å². The van der Waals surface area contributed by atoms with E-state index in [1.165, 1.54) is 44.2 Å². The van der Waals surface area contributed by atoms with Gasteiger partial charge in [0, 0.05) is 24.9 Å². The number of sulfonamides is 1. The zero-order chi connectivity index (χ0) is 26.7. The number of para-hydroxylation sites is 1. The van der Waals surface area contributed by atoms with Gasteiger partial charge in [0.1, 0.15) is 34.2 Å². The molecule has 0 amide bonds. The van der Waals surface area contributed by atoms with Crippen LogP contribution in [0.3, 0.4) is 0 Å². The smallest absolute Gasteiger partial charge is 0.243 e.